The molecule has 2 bridgehead atoms. The van der Waals surface area contributed by atoms with Gasteiger partial charge in [-0.15, -0.1) is 0 Å². The predicted molar refractivity (Wildman–Crippen MR) is 106 cm³/mol. The third-order valence-corrected chi connectivity index (χ3v) is 7.47. The van der Waals surface area contributed by atoms with E-state index in [1.165, 1.54) is 4.31 Å². The summed E-state index contributed by atoms with van der Waals surface area (Å²) in [4.78, 5) is 12.9. The van der Waals surface area contributed by atoms with E-state index in [0.29, 0.717) is 25.0 Å². The molecule has 1 aliphatic carbocycles. The molecule has 0 radical (unpaired) electrons. The summed E-state index contributed by atoms with van der Waals surface area (Å²) < 4.78 is 33.3. The van der Waals surface area contributed by atoms with Gasteiger partial charge in [-0.25, -0.2) is 13.2 Å². The summed E-state index contributed by atoms with van der Waals surface area (Å²) in [7, 11) is -3.67. The van der Waals surface area contributed by atoms with Gasteiger partial charge in [-0.3, -0.25) is 0 Å². The largest absolute Gasteiger partial charge is 0.511 e. The number of nitrogens with zero attached hydrogens (tertiary/aromatic N) is 1. The lowest BCUT2D eigenvalue weighted by molar-refractivity contribution is -0.151. The Hall–Kier alpha value is -1.86. The van der Waals surface area contributed by atoms with Crippen molar-refractivity contribution in [2.75, 3.05) is 6.54 Å². The van der Waals surface area contributed by atoms with E-state index >= 15 is 0 Å². The molecule has 1 saturated heterocycles. The number of ether oxygens (including phenoxy) is 1. The molecule has 0 spiro atoms. The van der Waals surface area contributed by atoms with E-state index in [9.17, 15) is 18.3 Å². The second kappa shape index (κ2) is 7.19. The summed E-state index contributed by atoms with van der Waals surface area (Å²) in [5.74, 6) is -1.21. The second-order valence-electron chi connectivity index (χ2n) is 8.81. The number of hydrogen-bond donors (Lipinski definition) is 1. The normalized spacial score (nSPS) is 26.2. The standard InChI is InChI=1S/C21H29NO5S/c1-13-6-8-16(9-7-13)28(25,26)22-11-10-15-12-17(22)14(2)19(23)18(15)20(24)27-21(3,4)5/h6-9,14-15,17,23H,10-12H2,1-5H3/t14-,15-,17-/m1/s1. The first-order chi connectivity index (χ1) is 12.9. The molecule has 1 N–H and O–H groups in total. The zero-order valence-corrected chi connectivity index (χ0v) is 17.9. The first-order valence-electron chi connectivity index (χ1n) is 9.66. The molecule has 1 fully saturated rings. The van der Waals surface area contributed by atoms with Crippen LogP contribution < -0.4 is 0 Å². The van der Waals surface area contributed by atoms with Gasteiger partial charge in [0.25, 0.3) is 0 Å². The number of hydrogen-bond acceptors (Lipinski definition) is 5. The third kappa shape index (κ3) is 3.82. The van der Waals surface area contributed by atoms with Crippen molar-refractivity contribution in [2.45, 2.75) is 64.0 Å². The molecule has 1 aromatic rings. The fraction of sp³-hybridized carbons (Fsp3) is 0.571. The van der Waals surface area contributed by atoms with Crippen LogP contribution in [-0.2, 0) is 19.6 Å². The molecule has 7 heteroatoms. The highest BCUT2D eigenvalue weighted by Gasteiger charge is 2.48. The molecule has 0 unspecified atom stereocenters. The van der Waals surface area contributed by atoms with Crippen molar-refractivity contribution in [1.82, 2.24) is 4.31 Å². The maximum Gasteiger partial charge on any atom is 0.338 e. The van der Waals surface area contributed by atoms with Gasteiger partial charge in [0, 0.05) is 18.5 Å². The minimum absolute atomic E-state index is 0.0423. The summed E-state index contributed by atoms with van der Waals surface area (Å²) in [6.45, 7) is 9.35. The Morgan fingerprint density at radius 2 is 1.82 bits per heavy atom. The summed E-state index contributed by atoms with van der Waals surface area (Å²) in [6, 6.07) is 6.42. The van der Waals surface area contributed by atoms with Gasteiger partial charge in [-0.05, 0) is 58.6 Å². The van der Waals surface area contributed by atoms with Crippen LogP contribution in [0.4, 0.5) is 0 Å². The topological polar surface area (TPSA) is 83.9 Å². The van der Waals surface area contributed by atoms with Crippen molar-refractivity contribution in [3.05, 3.63) is 41.2 Å². The first-order valence-corrected chi connectivity index (χ1v) is 11.1. The van der Waals surface area contributed by atoms with E-state index in [1.54, 1.807) is 52.0 Å². The SMILES string of the molecule is Cc1ccc(S(=O)(=O)N2CC[C@@H]3C[C@@H]2[C@@H](C)C(O)=C3C(=O)OC(C)(C)C)cc1. The number of aryl methyl sites for hydroxylation is 1. The van der Waals surface area contributed by atoms with E-state index in [-0.39, 0.29) is 22.6 Å². The molecule has 3 atom stereocenters. The molecule has 1 heterocycles. The molecule has 28 heavy (non-hydrogen) atoms. The number of aliphatic hydroxyl groups excluding tert-OH is 1. The molecule has 0 amide bonds. The summed E-state index contributed by atoms with van der Waals surface area (Å²) in [6.07, 6.45) is 0.984. The average molecular weight is 408 g/mol. The van der Waals surface area contributed by atoms with Crippen molar-refractivity contribution >= 4 is 16.0 Å². The van der Waals surface area contributed by atoms with Crippen molar-refractivity contribution in [1.29, 1.82) is 0 Å². The average Bonchev–Trinajstić information content (AvgIpc) is 2.58. The summed E-state index contributed by atoms with van der Waals surface area (Å²) in [5.41, 5.74) is 0.650. The lowest BCUT2D eigenvalue weighted by atomic mass is 9.74. The molecule has 154 valence electrons. The van der Waals surface area contributed by atoms with Gasteiger partial charge < -0.3 is 9.84 Å². The van der Waals surface area contributed by atoms with Gasteiger partial charge in [-0.1, -0.05) is 24.6 Å². The number of esters is 1. The zero-order valence-electron chi connectivity index (χ0n) is 17.1. The lowest BCUT2D eigenvalue weighted by Gasteiger charge is -2.45. The fourth-order valence-electron chi connectivity index (χ4n) is 4.08. The van der Waals surface area contributed by atoms with Gasteiger partial charge in [0.15, 0.2) is 0 Å². The molecule has 0 aromatic heterocycles. The first kappa shape index (κ1) is 20.9. The van der Waals surface area contributed by atoms with E-state index in [2.05, 4.69) is 0 Å². The minimum Gasteiger partial charge on any atom is -0.511 e. The molecule has 2 aliphatic rings. The van der Waals surface area contributed by atoms with Crippen LogP contribution in [0.2, 0.25) is 0 Å². The van der Waals surface area contributed by atoms with E-state index in [0.717, 1.165) is 5.56 Å². The Morgan fingerprint density at radius 1 is 1.21 bits per heavy atom. The van der Waals surface area contributed by atoms with E-state index in [4.69, 9.17) is 4.74 Å². The molecule has 0 saturated carbocycles. The van der Waals surface area contributed by atoms with Gasteiger partial charge in [0.1, 0.15) is 11.4 Å². The van der Waals surface area contributed by atoms with Gasteiger partial charge in [0.05, 0.1) is 10.5 Å². The molecule has 3 rings (SSSR count). The van der Waals surface area contributed by atoms with Crippen LogP contribution in [0.15, 0.2) is 40.5 Å². The monoisotopic (exact) mass is 407 g/mol. The van der Waals surface area contributed by atoms with Gasteiger partial charge in [0.2, 0.25) is 10.0 Å². The Kier molecular flexibility index (Phi) is 5.36. The number of carbonyl (C=O) groups excluding carboxylic acids is 1. The highest BCUT2D eigenvalue weighted by Crippen LogP contribution is 2.43. The Morgan fingerprint density at radius 3 is 2.39 bits per heavy atom. The van der Waals surface area contributed by atoms with Crippen molar-refractivity contribution in [3.63, 3.8) is 0 Å². The van der Waals surface area contributed by atoms with E-state index in [1.807, 2.05) is 6.92 Å². The van der Waals surface area contributed by atoms with Gasteiger partial charge >= 0.3 is 5.97 Å². The Bertz CT molecular complexity index is 896. The Labute approximate surface area is 167 Å². The molecule has 1 aromatic carbocycles. The molecular formula is C21H29NO5S. The zero-order chi connectivity index (χ0) is 20.9. The summed E-state index contributed by atoms with van der Waals surface area (Å²) in [5, 5.41) is 10.8. The number of fused-ring (bicyclic) bond motifs is 2. The lowest BCUT2D eigenvalue weighted by Crippen LogP contribution is -2.53. The number of piperidine rings is 1. The number of benzene rings is 1. The minimum atomic E-state index is -3.67. The quantitative estimate of drug-likeness (QED) is 0.775. The maximum atomic E-state index is 13.2. The van der Waals surface area contributed by atoms with Crippen molar-refractivity contribution in [3.8, 4) is 0 Å². The van der Waals surface area contributed by atoms with Crippen LogP contribution in [0.25, 0.3) is 0 Å². The predicted octanol–water partition coefficient (Wildman–Crippen LogP) is 3.57. The highest BCUT2D eigenvalue weighted by atomic mass is 32.2. The Balaban J connectivity index is 1.92. The number of carbonyl (C=O) groups is 1. The second-order valence-corrected chi connectivity index (χ2v) is 10.7. The van der Waals surface area contributed by atoms with Crippen LogP contribution >= 0.6 is 0 Å². The number of sulfonamides is 1. The number of aliphatic hydroxyl groups is 1. The van der Waals surface area contributed by atoms with Crippen LogP contribution in [0.3, 0.4) is 0 Å². The van der Waals surface area contributed by atoms with Crippen LogP contribution in [0, 0.1) is 18.8 Å². The van der Waals surface area contributed by atoms with Crippen LogP contribution in [0.1, 0.15) is 46.1 Å². The summed E-state index contributed by atoms with van der Waals surface area (Å²) >= 11 is 0. The third-order valence-electron chi connectivity index (χ3n) is 5.53. The van der Waals surface area contributed by atoms with Crippen LogP contribution in [0.5, 0.6) is 0 Å². The van der Waals surface area contributed by atoms with Crippen molar-refractivity contribution < 1.29 is 23.1 Å². The van der Waals surface area contributed by atoms with Crippen LogP contribution in [-0.4, -0.2) is 42.0 Å². The highest BCUT2D eigenvalue weighted by molar-refractivity contribution is 7.89. The van der Waals surface area contributed by atoms with Crippen molar-refractivity contribution in [2.24, 2.45) is 11.8 Å². The molecule has 6 nitrogen and oxygen atoms in total. The van der Waals surface area contributed by atoms with Gasteiger partial charge in [-0.2, -0.15) is 4.31 Å². The molecule has 1 aliphatic heterocycles. The maximum absolute atomic E-state index is 13.2. The van der Waals surface area contributed by atoms with E-state index < -0.39 is 27.5 Å². The molecular weight excluding hydrogens is 378 g/mol. The fourth-order valence-corrected chi connectivity index (χ4v) is 5.80. The smallest absolute Gasteiger partial charge is 0.338 e. The number of rotatable bonds is 3.